The Morgan fingerprint density at radius 3 is 2.76 bits per heavy atom. The number of hydrogen-bond acceptors (Lipinski definition) is 4. The Morgan fingerprint density at radius 2 is 1.95 bits per heavy atom. The van der Waals surface area contributed by atoms with Gasteiger partial charge in [0.15, 0.2) is 5.78 Å². The maximum absolute atomic E-state index is 12.1. The van der Waals surface area contributed by atoms with Crippen LogP contribution in [0, 0.1) is 0 Å². The highest BCUT2D eigenvalue weighted by Crippen LogP contribution is 2.35. The molecule has 5 heteroatoms. The van der Waals surface area contributed by atoms with Crippen molar-refractivity contribution in [2.75, 3.05) is 11.5 Å². The number of nitrogens with zero attached hydrogens (tertiary/aromatic N) is 1. The fourth-order valence-electron chi connectivity index (χ4n) is 1.92. The van der Waals surface area contributed by atoms with Crippen molar-refractivity contribution >= 4 is 51.6 Å². The summed E-state index contributed by atoms with van der Waals surface area (Å²) in [6.45, 7) is 0. The minimum atomic E-state index is 0.100. The van der Waals surface area contributed by atoms with E-state index in [-0.39, 0.29) is 5.78 Å². The van der Waals surface area contributed by atoms with Crippen LogP contribution >= 0.6 is 35.1 Å². The largest absolute Gasteiger partial charge is 0.293 e. The van der Waals surface area contributed by atoms with Crippen molar-refractivity contribution in [1.29, 1.82) is 0 Å². The zero-order valence-electron chi connectivity index (χ0n) is 11.1. The van der Waals surface area contributed by atoms with Crippen LogP contribution in [0.2, 0.25) is 5.02 Å². The molecule has 0 bridgehead atoms. The second kappa shape index (κ2) is 6.69. The third-order valence-electron chi connectivity index (χ3n) is 3.00. The minimum absolute atomic E-state index is 0.100. The standard InChI is InChI=1S/C16H12ClNOS2/c17-12-7-5-11(6-8-12)14(19)9-21-16-10-20-15-4-2-1-3-13(15)18-16/h1-8H,9-10H2. The normalized spacial score (nSPS) is 13.5. The summed E-state index contributed by atoms with van der Waals surface area (Å²) < 4.78 is 0. The van der Waals surface area contributed by atoms with Gasteiger partial charge in [0.1, 0.15) is 0 Å². The first-order chi connectivity index (χ1) is 10.2. The number of carbonyl (C=O) groups excluding carboxylic acids is 1. The molecule has 21 heavy (non-hydrogen) atoms. The highest BCUT2D eigenvalue weighted by molar-refractivity contribution is 8.16. The molecule has 106 valence electrons. The van der Waals surface area contributed by atoms with Crippen molar-refractivity contribution in [3.05, 3.63) is 59.1 Å². The van der Waals surface area contributed by atoms with Crippen LogP contribution < -0.4 is 0 Å². The zero-order chi connectivity index (χ0) is 14.7. The van der Waals surface area contributed by atoms with Gasteiger partial charge in [-0.3, -0.25) is 4.79 Å². The summed E-state index contributed by atoms with van der Waals surface area (Å²) in [6, 6.07) is 15.1. The lowest BCUT2D eigenvalue weighted by Gasteiger charge is -2.13. The average Bonchev–Trinajstić information content (AvgIpc) is 2.53. The van der Waals surface area contributed by atoms with E-state index in [9.17, 15) is 4.79 Å². The molecule has 0 atom stereocenters. The quantitative estimate of drug-likeness (QED) is 0.732. The second-order valence-electron chi connectivity index (χ2n) is 4.48. The van der Waals surface area contributed by atoms with Crippen molar-refractivity contribution in [1.82, 2.24) is 0 Å². The summed E-state index contributed by atoms with van der Waals surface area (Å²) in [7, 11) is 0. The Hall–Kier alpha value is -1.23. The molecule has 0 fully saturated rings. The molecule has 2 aromatic rings. The van der Waals surface area contributed by atoms with Gasteiger partial charge < -0.3 is 0 Å². The maximum atomic E-state index is 12.1. The summed E-state index contributed by atoms with van der Waals surface area (Å²) in [5.74, 6) is 1.34. The number of hydrogen-bond donors (Lipinski definition) is 0. The fraction of sp³-hybridized carbons (Fsp3) is 0.125. The molecule has 1 heterocycles. The van der Waals surface area contributed by atoms with Crippen molar-refractivity contribution in [3.63, 3.8) is 0 Å². The highest BCUT2D eigenvalue weighted by Gasteiger charge is 2.14. The van der Waals surface area contributed by atoms with Crippen LogP contribution in [-0.4, -0.2) is 22.3 Å². The first-order valence-electron chi connectivity index (χ1n) is 6.43. The maximum Gasteiger partial charge on any atom is 0.173 e. The predicted molar refractivity (Wildman–Crippen MR) is 92.5 cm³/mol. The molecule has 3 rings (SSSR count). The summed E-state index contributed by atoms with van der Waals surface area (Å²) in [6.07, 6.45) is 0. The lowest BCUT2D eigenvalue weighted by Crippen LogP contribution is -2.08. The molecule has 0 N–H and O–H groups in total. The number of thioether (sulfide) groups is 2. The van der Waals surface area contributed by atoms with E-state index >= 15 is 0 Å². The van der Waals surface area contributed by atoms with Gasteiger partial charge in [-0.25, -0.2) is 4.99 Å². The van der Waals surface area contributed by atoms with E-state index in [1.165, 1.54) is 16.7 Å². The van der Waals surface area contributed by atoms with Gasteiger partial charge in [0.2, 0.25) is 0 Å². The van der Waals surface area contributed by atoms with Crippen LogP contribution in [0.25, 0.3) is 0 Å². The lowest BCUT2D eigenvalue weighted by atomic mass is 10.1. The van der Waals surface area contributed by atoms with Gasteiger partial charge in [-0.15, -0.1) is 23.5 Å². The summed E-state index contributed by atoms with van der Waals surface area (Å²) in [5.41, 5.74) is 1.69. The molecule has 0 saturated carbocycles. The second-order valence-corrected chi connectivity index (χ2v) is 6.98. The monoisotopic (exact) mass is 333 g/mol. The minimum Gasteiger partial charge on any atom is -0.293 e. The molecule has 0 spiro atoms. The van der Waals surface area contributed by atoms with Gasteiger partial charge in [-0.05, 0) is 36.4 Å². The summed E-state index contributed by atoms with van der Waals surface area (Å²) in [4.78, 5) is 17.9. The zero-order valence-corrected chi connectivity index (χ0v) is 13.5. The summed E-state index contributed by atoms with van der Waals surface area (Å²) in [5, 5.41) is 1.64. The van der Waals surface area contributed by atoms with Gasteiger partial charge in [0.05, 0.1) is 16.5 Å². The Kier molecular flexibility index (Phi) is 4.68. The number of benzene rings is 2. The molecule has 0 unspecified atom stereocenters. The topological polar surface area (TPSA) is 29.4 Å². The van der Waals surface area contributed by atoms with E-state index in [1.54, 1.807) is 36.0 Å². The molecule has 0 radical (unpaired) electrons. The van der Waals surface area contributed by atoms with Crippen LogP contribution in [0.1, 0.15) is 10.4 Å². The van der Waals surface area contributed by atoms with Crippen LogP contribution in [0.3, 0.4) is 0 Å². The molecule has 0 aromatic heterocycles. The van der Waals surface area contributed by atoms with Crippen LogP contribution in [-0.2, 0) is 0 Å². The van der Waals surface area contributed by atoms with Crippen LogP contribution in [0.4, 0.5) is 5.69 Å². The van der Waals surface area contributed by atoms with E-state index in [0.717, 1.165) is 16.5 Å². The van der Waals surface area contributed by atoms with E-state index in [1.807, 2.05) is 18.2 Å². The molecule has 2 aromatic carbocycles. The first kappa shape index (κ1) is 14.7. The van der Waals surface area contributed by atoms with Crippen LogP contribution in [0.15, 0.2) is 58.4 Å². The molecule has 0 amide bonds. The molecule has 0 saturated heterocycles. The molecular weight excluding hydrogens is 322 g/mol. The van der Waals surface area contributed by atoms with Gasteiger partial charge in [0.25, 0.3) is 0 Å². The Balaban J connectivity index is 1.65. The van der Waals surface area contributed by atoms with Crippen molar-refractivity contribution < 1.29 is 4.79 Å². The van der Waals surface area contributed by atoms with Crippen molar-refractivity contribution in [2.45, 2.75) is 4.90 Å². The SMILES string of the molecule is O=C(CSC1=Nc2ccccc2SC1)c1ccc(Cl)cc1. The van der Waals surface area contributed by atoms with Crippen molar-refractivity contribution in [2.24, 2.45) is 4.99 Å². The predicted octanol–water partition coefficient (Wildman–Crippen LogP) is 5.09. The molecule has 0 aliphatic carbocycles. The van der Waals surface area contributed by atoms with Gasteiger partial charge in [-0.2, -0.15) is 0 Å². The van der Waals surface area contributed by atoms with Crippen LogP contribution in [0.5, 0.6) is 0 Å². The first-order valence-corrected chi connectivity index (χ1v) is 8.78. The molecule has 2 nitrogen and oxygen atoms in total. The smallest absolute Gasteiger partial charge is 0.173 e. The highest BCUT2D eigenvalue weighted by atomic mass is 35.5. The molecular formula is C16H12ClNOS2. The molecule has 1 aliphatic rings. The number of aliphatic imine (C=N–C) groups is 1. The molecule has 1 aliphatic heterocycles. The van der Waals surface area contributed by atoms with Gasteiger partial charge >= 0.3 is 0 Å². The number of para-hydroxylation sites is 1. The van der Waals surface area contributed by atoms with Gasteiger partial charge in [0, 0.05) is 21.2 Å². The number of ketones is 1. The summed E-state index contributed by atoms with van der Waals surface area (Å²) >= 11 is 9.11. The average molecular weight is 334 g/mol. The van der Waals surface area contributed by atoms with E-state index < -0.39 is 0 Å². The van der Waals surface area contributed by atoms with E-state index in [0.29, 0.717) is 16.3 Å². The van der Waals surface area contributed by atoms with Gasteiger partial charge in [-0.1, -0.05) is 23.7 Å². The third-order valence-corrected chi connectivity index (χ3v) is 5.48. The van der Waals surface area contributed by atoms with E-state index in [4.69, 9.17) is 11.6 Å². The Morgan fingerprint density at radius 1 is 1.19 bits per heavy atom. The van der Waals surface area contributed by atoms with Crippen molar-refractivity contribution in [3.8, 4) is 0 Å². The number of Topliss-reactive ketones (excluding diaryl/α,β-unsaturated/α-hetero) is 1. The third kappa shape index (κ3) is 3.70. The number of rotatable bonds is 3. The number of halogens is 1. The Bertz CT molecular complexity index is 698. The number of fused-ring (bicyclic) bond motifs is 1. The number of carbonyl (C=O) groups is 1. The van der Waals surface area contributed by atoms with E-state index in [2.05, 4.69) is 11.1 Å². The lowest BCUT2D eigenvalue weighted by molar-refractivity contribution is 0.102. The fourth-order valence-corrected chi connectivity index (χ4v) is 3.96. The Labute approximate surface area is 137 Å².